The lowest BCUT2D eigenvalue weighted by atomic mass is 9.73. The van der Waals surface area contributed by atoms with Crippen LogP contribution in [0.2, 0.25) is 0 Å². The van der Waals surface area contributed by atoms with Gasteiger partial charge < -0.3 is 14.2 Å². The lowest BCUT2D eigenvalue weighted by Crippen LogP contribution is -2.34. The maximum atomic E-state index is 5.60. The van der Waals surface area contributed by atoms with E-state index in [9.17, 15) is 0 Å². The molecule has 27 heavy (non-hydrogen) atoms. The number of ether oxygens (including phenoxy) is 3. The summed E-state index contributed by atoms with van der Waals surface area (Å²) in [5, 5.41) is 0. The fraction of sp³-hybridized carbons (Fsp3) is 0.435. The van der Waals surface area contributed by atoms with Gasteiger partial charge in [-0.3, -0.25) is 4.99 Å². The van der Waals surface area contributed by atoms with Gasteiger partial charge in [-0.05, 0) is 56.0 Å². The second kappa shape index (κ2) is 10.7. The van der Waals surface area contributed by atoms with Gasteiger partial charge in [0, 0.05) is 31.4 Å². The third-order valence-electron chi connectivity index (χ3n) is 4.83. The highest BCUT2D eigenvalue weighted by atomic mass is 16.5. The van der Waals surface area contributed by atoms with E-state index < -0.39 is 0 Å². The molecule has 1 aromatic rings. The molecule has 1 fully saturated rings. The Kier molecular flexibility index (Phi) is 8.34. The number of allylic oxidation sites excluding steroid dienone is 4. The first kappa shape index (κ1) is 21.0. The lowest BCUT2D eigenvalue weighted by Gasteiger charge is -2.37. The Balaban J connectivity index is 2.21. The van der Waals surface area contributed by atoms with Gasteiger partial charge in [0.2, 0.25) is 0 Å². The summed E-state index contributed by atoms with van der Waals surface area (Å²) in [6.07, 6.45) is 12.0. The SMILES string of the molecule is C=C/C=C(\C=C/C)C1(CN=Cc2ccc(OCC)c(OC)c2)CCOCC1. The van der Waals surface area contributed by atoms with Crippen LogP contribution in [-0.2, 0) is 4.74 Å². The molecule has 0 aliphatic carbocycles. The predicted molar refractivity (Wildman–Crippen MR) is 112 cm³/mol. The molecule has 0 spiro atoms. The first-order valence-corrected chi connectivity index (χ1v) is 9.53. The van der Waals surface area contributed by atoms with Gasteiger partial charge in [0.15, 0.2) is 11.5 Å². The zero-order chi connectivity index (χ0) is 19.5. The molecule has 4 nitrogen and oxygen atoms in total. The molecule has 1 saturated heterocycles. The van der Waals surface area contributed by atoms with Gasteiger partial charge in [-0.25, -0.2) is 0 Å². The highest BCUT2D eigenvalue weighted by molar-refractivity contribution is 5.81. The quantitative estimate of drug-likeness (QED) is 0.454. The van der Waals surface area contributed by atoms with Gasteiger partial charge in [-0.1, -0.05) is 30.9 Å². The van der Waals surface area contributed by atoms with Crippen molar-refractivity contribution in [1.82, 2.24) is 0 Å². The molecular formula is C23H31NO3. The molecule has 1 aromatic carbocycles. The van der Waals surface area contributed by atoms with Gasteiger partial charge in [-0.2, -0.15) is 0 Å². The molecule has 0 bridgehead atoms. The summed E-state index contributed by atoms with van der Waals surface area (Å²) in [5.41, 5.74) is 2.26. The number of rotatable bonds is 9. The second-order valence-corrected chi connectivity index (χ2v) is 6.56. The van der Waals surface area contributed by atoms with Crippen molar-refractivity contribution in [3.8, 4) is 11.5 Å². The Bertz CT molecular complexity index is 698. The summed E-state index contributed by atoms with van der Waals surface area (Å²) in [6, 6.07) is 5.88. The molecule has 0 amide bonds. The Hall–Kier alpha value is -2.33. The molecule has 0 radical (unpaired) electrons. The first-order valence-electron chi connectivity index (χ1n) is 9.53. The van der Waals surface area contributed by atoms with Crippen LogP contribution in [0.25, 0.3) is 0 Å². The summed E-state index contributed by atoms with van der Waals surface area (Å²) in [7, 11) is 1.65. The maximum absolute atomic E-state index is 5.60. The largest absolute Gasteiger partial charge is 0.493 e. The summed E-state index contributed by atoms with van der Waals surface area (Å²) < 4.78 is 16.6. The first-order chi connectivity index (χ1) is 13.2. The summed E-state index contributed by atoms with van der Waals surface area (Å²) in [5.74, 6) is 1.48. The smallest absolute Gasteiger partial charge is 0.161 e. The highest BCUT2D eigenvalue weighted by Gasteiger charge is 2.34. The van der Waals surface area contributed by atoms with E-state index in [2.05, 4.69) is 24.8 Å². The summed E-state index contributed by atoms with van der Waals surface area (Å²) >= 11 is 0. The minimum absolute atomic E-state index is 0.00913. The van der Waals surface area contributed by atoms with Crippen molar-refractivity contribution in [2.24, 2.45) is 10.4 Å². The van der Waals surface area contributed by atoms with Gasteiger partial charge >= 0.3 is 0 Å². The average molecular weight is 370 g/mol. The number of hydrogen-bond acceptors (Lipinski definition) is 4. The molecular weight excluding hydrogens is 338 g/mol. The van der Waals surface area contributed by atoms with Gasteiger partial charge in [0.1, 0.15) is 0 Å². The van der Waals surface area contributed by atoms with E-state index in [4.69, 9.17) is 19.2 Å². The number of hydrogen-bond donors (Lipinski definition) is 0. The molecule has 1 heterocycles. The van der Waals surface area contributed by atoms with Crippen LogP contribution in [0.1, 0.15) is 32.3 Å². The van der Waals surface area contributed by atoms with Crippen molar-refractivity contribution in [2.45, 2.75) is 26.7 Å². The Morgan fingerprint density at radius 2 is 2.07 bits per heavy atom. The average Bonchev–Trinajstić information content (AvgIpc) is 2.70. The monoisotopic (exact) mass is 369 g/mol. The zero-order valence-corrected chi connectivity index (χ0v) is 16.7. The predicted octanol–water partition coefficient (Wildman–Crippen LogP) is 5.00. The Labute approximate surface area is 163 Å². The molecule has 0 saturated carbocycles. The molecule has 0 atom stereocenters. The van der Waals surface area contributed by atoms with Crippen LogP contribution in [-0.4, -0.2) is 39.7 Å². The number of nitrogens with zero attached hydrogens (tertiary/aromatic N) is 1. The second-order valence-electron chi connectivity index (χ2n) is 6.56. The van der Waals surface area contributed by atoms with Gasteiger partial charge in [0.25, 0.3) is 0 Å². The molecule has 0 N–H and O–H groups in total. The van der Waals surface area contributed by atoms with Crippen LogP contribution < -0.4 is 9.47 Å². The van der Waals surface area contributed by atoms with Crippen molar-refractivity contribution in [3.05, 3.63) is 60.2 Å². The normalized spacial score (nSPS) is 17.4. The van der Waals surface area contributed by atoms with Crippen LogP contribution in [0.4, 0.5) is 0 Å². The topological polar surface area (TPSA) is 40.0 Å². The van der Waals surface area contributed by atoms with Crippen molar-refractivity contribution >= 4 is 6.21 Å². The lowest BCUT2D eigenvalue weighted by molar-refractivity contribution is 0.0376. The van der Waals surface area contributed by atoms with E-state index in [0.29, 0.717) is 6.61 Å². The minimum atomic E-state index is -0.00913. The third-order valence-corrected chi connectivity index (χ3v) is 4.83. The summed E-state index contributed by atoms with van der Waals surface area (Å²) in [4.78, 5) is 4.79. The number of benzene rings is 1. The summed E-state index contributed by atoms with van der Waals surface area (Å²) in [6.45, 7) is 10.7. The number of methoxy groups -OCH3 is 1. The Morgan fingerprint density at radius 3 is 2.70 bits per heavy atom. The standard InChI is InChI=1S/C23H31NO3/c1-5-8-20(9-6-2)23(12-14-26-15-13-23)18-24-17-19-10-11-21(27-7-3)22(16-19)25-4/h5-6,8-11,16-17H,1,7,12-15,18H2,2-4H3/b9-6-,20-8+,24-17?. The fourth-order valence-electron chi connectivity index (χ4n) is 3.38. The molecule has 0 unspecified atom stereocenters. The minimum Gasteiger partial charge on any atom is -0.493 e. The molecule has 4 heteroatoms. The Morgan fingerprint density at radius 1 is 1.30 bits per heavy atom. The van der Waals surface area contributed by atoms with Gasteiger partial charge in [-0.15, -0.1) is 0 Å². The molecule has 1 aliphatic rings. The van der Waals surface area contributed by atoms with E-state index in [-0.39, 0.29) is 5.41 Å². The van der Waals surface area contributed by atoms with Crippen molar-refractivity contribution in [3.63, 3.8) is 0 Å². The van der Waals surface area contributed by atoms with E-state index in [0.717, 1.165) is 49.7 Å². The fourth-order valence-corrected chi connectivity index (χ4v) is 3.38. The third kappa shape index (κ3) is 5.57. The zero-order valence-electron chi connectivity index (χ0n) is 16.7. The van der Waals surface area contributed by atoms with E-state index in [1.54, 1.807) is 7.11 Å². The van der Waals surface area contributed by atoms with E-state index in [1.807, 2.05) is 44.3 Å². The molecule has 146 valence electrons. The molecule has 1 aliphatic heterocycles. The van der Waals surface area contributed by atoms with E-state index >= 15 is 0 Å². The van der Waals surface area contributed by atoms with Crippen molar-refractivity contribution in [2.75, 3.05) is 33.5 Å². The van der Waals surface area contributed by atoms with Crippen LogP contribution >= 0.6 is 0 Å². The van der Waals surface area contributed by atoms with Crippen LogP contribution in [0.3, 0.4) is 0 Å². The van der Waals surface area contributed by atoms with Crippen molar-refractivity contribution < 1.29 is 14.2 Å². The number of aliphatic imine (C=N–C) groups is 1. The molecule has 0 aromatic heterocycles. The van der Waals surface area contributed by atoms with E-state index in [1.165, 1.54) is 5.57 Å². The van der Waals surface area contributed by atoms with Crippen molar-refractivity contribution in [1.29, 1.82) is 0 Å². The molecule has 2 rings (SSSR count). The highest BCUT2D eigenvalue weighted by Crippen LogP contribution is 2.39. The van der Waals surface area contributed by atoms with Crippen LogP contribution in [0, 0.1) is 5.41 Å². The van der Waals surface area contributed by atoms with Crippen LogP contribution in [0.15, 0.2) is 59.6 Å². The maximum Gasteiger partial charge on any atom is 0.161 e. The van der Waals surface area contributed by atoms with Gasteiger partial charge in [0.05, 0.1) is 13.7 Å². The van der Waals surface area contributed by atoms with Crippen LogP contribution in [0.5, 0.6) is 11.5 Å².